The molecular formula is C86H52N10. The van der Waals surface area contributed by atoms with E-state index in [9.17, 15) is 0 Å². The number of nitrogens with zero attached hydrogens (tertiary/aromatic N) is 10. The Hall–Kier alpha value is -13.2. The van der Waals surface area contributed by atoms with Gasteiger partial charge < -0.3 is 0 Å². The summed E-state index contributed by atoms with van der Waals surface area (Å²) in [6.07, 6.45) is 12.7. The molecule has 10 aromatic heterocycles. The van der Waals surface area contributed by atoms with Crippen molar-refractivity contribution in [1.82, 2.24) is 49.8 Å². The van der Waals surface area contributed by atoms with E-state index in [1.54, 1.807) is 12.4 Å². The summed E-state index contributed by atoms with van der Waals surface area (Å²) in [5.41, 5.74) is 24.2. The molecule has 10 nitrogen and oxygen atoms in total. The molecule has 0 spiro atoms. The summed E-state index contributed by atoms with van der Waals surface area (Å²) < 4.78 is 0. The van der Waals surface area contributed by atoms with Gasteiger partial charge in [-0.05, 0) is 159 Å². The van der Waals surface area contributed by atoms with E-state index in [0.29, 0.717) is 0 Å². The molecule has 0 aliphatic heterocycles. The summed E-state index contributed by atoms with van der Waals surface area (Å²) in [5, 5.41) is 11.0. The SMILES string of the molecule is c1cncc(-c2ccc3ccc(-c4ccc5nc(-c6ccc(-c7cc8cccnc8c8ncccc78)cc6)ccc5c4)cc3n2)c1.c1cncc(-c2ccc3ccc(-c4ccc5nc(-c6ccc(-c7ccc8ccc9cccnc9c8n7)c7ccccc67)ccc5c4)cc3n2)c1. The van der Waals surface area contributed by atoms with Crippen LogP contribution in [0, 0.1) is 0 Å². The van der Waals surface area contributed by atoms with Crippen molar-refractivity contribution in [3.05, 3.63) is 316 Å². The third kappa shape index (κ3) is 10.3. The lowest BCUT2D eigenvalue weighted by atomic mass is 9.95. The highest BCUT2D eigenvalue weighted by molar-refractivity contribution is 6.11. The maximum atomic E-state index is 5.16. The Bertz CT molecular complexity index is 6280. The maximum Gasteiger partial charge on any atom is 0.0972 e. The zero-order valence-electron chi connectivity index (χ0n) is 51.5. The molecule has 0 saturated carbocycles. The van der Waals surface area contributed by atoms with Crippen LogP contribution in [0.3, 0.4) is 0 Å². The second kappa shape index (κ2) is 23.5. The highest BCUT2D eigenvalue weighted by atomic mass is 14.8. The Morgan fingerprint density at radius 2 is 0.594 bits per heavy atom. The number of aromatic nitrogens is 10. The lowest BCUT2D eigenvalue weighted by molar-refractivity contribution is 1.30. The molecule has 96 heavy (non-hydrogen) atoms. The van der Waals surface area contributed by atoms with Crippen LogP contribution in [0.4, 0.5) is 0 Å². The molecule has 0 radical (unpaired) electrons. The largest absolute Gasteiger partial charge is 0.264 e. The van der Waals surface area contributed by atoms with Gasteiger partial charge in [0.1, 0.15) is 0 Å². The van der Waals surface area contributed by atoms with Crippen molar-refractivity contribution in [2.45, 2.75) is 0 Å². The van der Waals surface area contributed by atoms with E-state index in [-0.39, 0.29) is 0 Å². The Morgan fingerprint density at radius 1 is 0.188 bits per heavy atom. The van der Waals surface area contributed by atoms with Crippen molar-refractivity contribution in [1.29, 1.82) is 0 Å². The third-order valence-corrected chi connectivity index (χ3v) is 18.2. The van der Waals surface area contributed by atoms with E-state index in [1.165, 1.54) is 0 Å². The fourth-order valence-electron chi connectivity index (χ4n) is 13.3. The van der Waals surface area contributed by atoms with Crippen molar-refractivity contribution >= 4 is 98.0 Å². The van der Waals surface area contributed by atoms with Crippen LogP contribution in [0.1, 0.15) is 0 Å². The summed E-state index contributed by atoms with van der Waals surface area (Å²) >= 11 is 0. The molecule has 0 fully saturated rings. The molecule has 19 rings (SSSR count). The highest BCUT2D eigenvalue weighted by Crippen LogP contribution is 2.39. The fourth-order valence-corrected chi connectivity index (χ4v) is 13.3. The molecule has 10 heteroatoms. The quantitative estimate of drug-likeness (QED) is 0.136. The first kappa shape index (κ1) is 55.6. The second-order valence-corrected chi connectivity index (χ2v) is 24.0. The summed E-state index contributed by atoms with van der Waals surface area (Å²) in [6, 6.07) is 95.1. The number of benzene rings is 9. The van der Waals surface area contributed by atoms with Gasteiger partial charge in [-0.25, -0.2) is 24.9 Å². The highest BCUT2D eigenvalue weighted by Gasteiger charge is 2.17. The topological polar surface area (TPSA) is 129 Å². The average Bonchev–Trinajstić information content (AvgIpc) is 0.795. The van der Waals surface area contributed by atoms with Crippen LogP contribution in [0.5, 0.6) is 0 Å². The lowest BCUT2D eigenvalue weighted by Gasteiger charge is -2.13. The molecule has 10 heterocycles. The zero-order chi connectivity index (χ0) is 63.5. The minimum Gasteiger partial charge on any atom is -0.264 e. The first-order valence-electron chi connectivity index (χ1n) is 31.9. The minimum absolute atomic E-state index is 0.915. The van der Waals surface area contributed by atoms with E-state index in [0.717, 1.165) is 188 Å². The predicted molar refractivity (Wildman–Crippen MR) is 392 cm³/mol. The number of hydrogen-bond donors (Lipinski definition) is 0. The van der Waals surface area contributed by atoms with Gasteiger partial charge in [-0.2, -0.15) is 0 Å². The Kier molecular flexibility index (Phi) is 13.6. The summed E-state index contributed by atoms with van der Waals surface area (Å²) in [5.74, 6) is 0. The Labute approximate surface area is 550 Å². The molecule has 0 atom stereocenters. The number of hydrogen-bond acceptors (Lipinski definition) is 10. The van der Waals surface area contributed by atoms with Gasteiger partial charge in [-0.15, -0.1) is 0 Å². The normalized spacial score (nSPS) is 11.5. The van der Waals surface area contributed by atoms with Gasteiger partial charge in [0, 0.05) is 114 Å². The average molecular weight is 1230 g/mol. The molecule has 0 amide bonds. The van der Waals surface area contributed by atoms with Crippen LogP contribution in [0.25, 0.3) is 188 Å². The van der Waals surface area contributed by atoms with Gasteiger partial charge in [-0.1, -0.05) is 158 Å². The number of fused-ring (bicyclic) bond motifs is 11. The molecule has 0 N–H and O–H groups in total. The van der Waals surface area contributed by atoms with Crippen molar-refractivity contribution in [3.63, 3.8) is 0 Å². The first-order chi connectivity index (χ1) is 47.5. The molecule has 19 aromatic rings. The van der Waals surface area contributed by atoms with Crippen molar-refractivity contribution in [2.24, 2.45) is 0 Å². The number of pyridine rings is 10. The first-order valence-corrected chi connectivity index (χ1v) is 31.9. The maximum absolute atomic E-state index is 5.16. The summed E-state index contributed by atoms with van der Waals surface area (Å²) in [6.45, 7) is 0. The summed E-state index contributed by atoms with van der Waals surface area (Å²) in [7, 11) is 0. The minimum atomic E-state index is 0.915. The third-order valence-electron chi connectivity index (χ3n) is 18.2. The molecule has 0 bridgehead atoms. The van der Waals surface area contributed by atoms with E-state index >= 15 is 0 Å². The molecule has 446 valence electrons. The van der Waals surface area contributed by atoms with Crippen molar-refractivity contribution in [2.75, 3.05) is 0 Å². The van der Waals surface area contributed by atoms with Gasteiger partial charge >= 0.3 is 0 Å². The van der Waals surface area contributed by atoms with E-state index in [1.807, 2.05) is 79.5 Å². The van der Waals surface area contributed by atoms with Crippen LogP contribution in [0.2, 0.25) is 0 Å². The summed E-state index contributed by atoms with van der Waals surface area (Å²) in [4.78, 5) is 47.7. The monoisotopic (exact) mass is 1220 g/mol. The zero-order valence-corrected chi connectivity index (χ0v) is 51.5. The van der Waals surface area contributed by atoms with E-state index < -0.39 is 0 Å². The van der Waals surface area contributed by atoms with Crippen molar-refractivity contribution < 1.29 is 0 Å². The molecule has 0 unspecified atom stereocenters. The fraction of sp³-hybridized carbons (Fsp3) is 0. The number of rotatable bonds is 8. The van der Waals surface area contributed by atoms with Crippen LogP contribution in [0.15, 0.2) is 316 Å². The van der Waals surface area contributed by atoms with Gasteiger partial charge in [0.2, 0.25) is 0 Å². The second-order valence-electron chi connectivity index (χ2n) is 24.0. The molecular weight excluding hydrogens is 1170 g/mol. The Morgan fingerprint density at radius 3 is 1.19 bits per heavy atom. The molecule has 0 aliphatic carbocycles. The van der Waals surface area contributed by atoms with Gasteiger partial charge in [0.15, 0.2) is 0 Å². The van der Waals surface area contributed by atoms with Crippen LogP contribution in [-0.4, -0.2) is 49.8 Å². The van der Waals surface area contributed by atoms with Crippen LogP contribution in [-0.2, 0) is 0 Å². The molecule has 9 aromatic carbocycles. The van der Waals surface area contributed by atoms with Crippen LogP contribution >= 0.6 is 0 Å². The van der Waals surface area contributed by atoms with E-state index in [2.05, 4.69) is 249 Å². The van der Waals surface area contributed by atoms with Crippen LogP contribution < -0.4 is 0 Å². The standard InChI is InChI=1S/C45H27N5.C41H25N5/c1-2-8-36-35(7-1)37(17-18-38(36)42-21-14-30-11-10-29-5-4-24-47-44(29)45(30)50-42)41-22-16-33-25-31(15-20-39(33)48-41)32-12-9-28-13-19-40(49-43(28)26-32)34-6-3-23-46-27-34;1-5-33(25-42-19-1)38-16-13-28-11-12-30(24-39(28)46-38)29-14-17-37-31(22-29)15-18-36(45-37)27-9-7-26(8-10-27)35-23-32-4-2-20-43-40(32)41-34(35)6-3-21-44-41/h1-27H;1-25H. The predicted octanol–water partition coefficient (Wildman–Crippen LogP) is 21.0. The van der Waals surface area contributed by atoms with Crippen molar-refractivity contribution in [3.8, 4) is 89.7 Å². The molecule has 0 aliphatic rings. The lowest BCUT2D eigenvalue weighted by Crippen LogP contribution is -1.92. The smallest absolute Gasteiger partial charge is 0.0972 e. The molecule has 0 saturated heterocycles. The van der Waals surface area contributed by atoms with Gasteiger partial charge in [0.25, 0.3) is 0 Å². The Balaban J connectivity index is 0.000000141. The van der Waals surface area contributed by atoms with Gasteiger partial charge in [0.05, 0.1) is 72.6 Å². The van der Waals surface area contributed by atoms with E-state index in [4.69, 9.17) is 24.9 Å². The van der Waals surface area contributed by atoms with Gasteiger partial charge in [-0.3, -0.25) is 24.9 Å².